The van der Waals surface area contributed by atoms with Crippen LogP contribution < -0.4 is 5.32 Å². The maximum Gasteiger partial charge on any atom is 0.258 e. The maximum absolute atomic E-state index is 13.8. The minimum absolute atomic E-state index is 0.0341. The van der Waals surface area contributed by atoms with Gasteiger partial charge in [0.25, 0.3) is 5.91 Å². The number of carbonyl (C=O) groups excluding carboxylic acids is 1. The monoisotopic (exact) mass is 287 g/mol. The van der Waals surface area contributed by atoms with Gasteiger partial charge < -0.3 is 10.1 Å². The lowest BCUT2D eigenvalue weighted by molar-refractivity contribution is 0.102. The van der Waals surface area contributed by atoms with Crippen molar-refractivity contribution < 1.29 is 13.9 Å². The van der Waals surface area contributed by atoms with Gasteiger partial charge in [0.15, 0.2) is 0 Å². The highest BCUT2D eigenvalue weighted by Crippen LogP contribution is 2.18. The van der Waals surface area contributed by atoms with Crippen LogP contribution in [0, 0.1) is 12.7 Å². The number of benzene rings is 2. The molecule has 0 fully saturated rings. The Kier molecular flexibility index (Phi) is 5.06. The van der Waals surface area contributed by atoms with Crippen molar-refractivity contribution >= 4 is 11.6 Å². The number of aryl methyl sites for hydroxylation is 1. The van der Waals surface area contributed by atoms with Crippen LogP contribution in [0.4, 0.5) is 10.1 Å². The molecule has 0 atom stereocenters. The third kappa shape index (κ3) is 3.89. The highest BCUT2D eigenvalue weighted by Gasteiger charge is 2.13. The molecule has 0 bridgehead atoms. The second kappa shape index (κ2) is 6.99. The predicted octanol–water partition coefficient (Wildman–Crippen LogP) is 3.92. The van der Waals surface area contributed by atoms with E-state index >= 15 is 0 Å². The van der Waals surface area contributed by atoms with Gasteiger partial charge in [0.05, 0.1) is 12.2 Å². The predicted molar refractivity (Wildman–Crippen MR) is 80.9 cm³/mol. The molecule has 0 radical (unpaired) electrons. The fourth-order valence-corrected chi connectivity index (χ4v) is 1.97. The summed E-state index contributed by atoms with van der Waals surface area (Å²) in [7, 11) is 0. The van der Waals surface area contributed by atoms with E-state index in [9.17, 15) is 9.18 Å². The summed E-state index contributed by atoms with van der Waals surface area (Å²) < 4.78 is 19.2. The number of carbonyl (C=O) groups is 1. The molecular weight excluding hydrogens is 269 g/mol. The number of hydrogen-bond acceptors (Lipinski definition) is 2. The number of para-hydroxylation sites is 1. The molecule has 0 saturated carbocycles. The third-order valence-corrected chi connectivity index (χ3v) is 3.10. The molecule has 2 rings (SSSR count). The molecule has 0 aromatic heterocycles. The van der Waals surface area contributed by atoms with E-state index in [-0.39, 0.29) is 5.56 Å². The van der Waals surface area contributed by atoms with Gasteiger partial charge in [-0.25, -0.2) is 4.39 Å². The molecule has 0 heterocycles. The lowest BCUT2D eigenvalue weighted by atomic mass is 10.1. The Morgan fingerprint density at radius 2 is 2.00 bits per heavy atom. The zero-order valence-electron chi connectivity index (χ0n) is 12.2. The van der Waals surface area contributed by atoms with Gasteiger partial charge in [-0.1, -0.05) is 24.3 Å². The van der Waals surface area contributed by atoms with Gasteiger partial charge in [0.2, 0.25) is 0 Å². The van der Waals surface area contributed by atoms with Crippen LogP contribution in [0.1, 0.15) is 28.4 Å². The van der Waals surface area contributed by atoms with Crippen molar-refractivity contribution in [2.24, 2.45) is 0 Å². The third-order valence-electron chi connectivity index (χ3n) is 3.10. The van der Waals surface area contributed by atoms with Crippen LogP contribution in [-0.2, 0) is 11.3 Å². The van der Waals surface area contributed by atoms with Crippen molar-refractivity contribution in [3.05, 3.63) is 65.0 Å². The molecule has 0 aliphatic rings. The molecule has 3 nitrogen and oxygen atoms in total. The summed E-state index contributed by atoms with van der Waals surface area (Å²) in [4.78, 5) is 12.2. The Labute approximate surface area is 123 Å². The van der Waals surface area contributed by atoms with Crippen LogP contribution in [0.25, 0.3) is 0 Å². The van der Waals surface area contributed by atoms with E-state index in [4.69, 9.17) is 4.74 Å². The molecule has 1 N–H and O–H groups in total. The zero-order valence-corrected chi connectivity index (χ0v) is 12.2. The van der Waals surface area contributed by atoms with Crippen molar-refractivity contribution in [3.8, 4) is 0 Å². The van der Waals surface area contributed by atoms with Crippen LogP contribution in [0.15, 0.2) is 42.5 Å². The first-order valence-electron chi connectivity index (χ1n) is 6.85. The molecule has 1 amide bonds. The van der Waals surface area contributed by atoms with E-state index in [0.717, 1.165) is 11.1 Å². The minimum atomic E-state index is -0.519. The second-order valence-electron chi connectivity index (χ2n) is 4.73. The second-order valence-corrected chi connectivity index (χ2v) is 4.73. The topological polar surface area (TPSA) is 38.3 Å². The Morgan fingerprint density at radius 1 is 1.24 bits per heavy atom. The molecule has 0 unspecified atom stereocenters. The van der Waals surface area contributed by atoms with Crippen molar-refractivity contribution in [2.75, 3.05) is 11.9 Å². The Morgan fingerprint density at radius 3 is 2.71 bits per heavy atom. The molecule has 21 heavy (non-hydrogen) atoms. The summed E-state index contributed by atoms with van der Waals surface area (Å²) in [6.07, 6.45) is 0. The molecular formula is C17H18FNO2. The van der Waals surface area contributed by atoms with Gasteiger partial charge in [0.1, 0.15) is 5.82 Å². The molecule has 0 spiro atoms. The maximum atomic E-state index is 13.8. The average Bonchev–Trinajstić information content (AvgIpc) is 2.46. The normalized spacial score (nSPS) is 10.4. The number of nitrogens with one attached hydrogen (secondary N) is 1. The Hall–Kier alpha value is -2.20. The van der Waals surface area contributed by atoms with E-state index < -0.39 is 11.7 Å². The molecule has 0 aliphatic heterocycles. The minimum Gasteiger partial charge on any atom is -0.377 e. The number of anilines is 1. The van der Waals surface area contributed by atoms with Gasteiger partial charge in [-0.05, 0) is 37.6 Å². The first kappa shape index (κ1) is 15.2. The molecule has 2 aromatic rings. The van der Waals surface area contributed by atoms with Gasteiger partial charge in [0, 0.05) is 17.9 Å². The van der Waals surface area contributed by atoms with Gasteiger partial charge >= 0.3 is 0 Å². The summed E-state index contributed by atoms with van der Waals surface area (Å²) in [6, 6.07) is 11.9. The number of ether oxygens (including phenoxy) is 1. The van der Waals surface area contributed by atoms with Crippen molar-refractivity contribution in [2.45, 2.75) is 20.5 Å². The quantitative estimate of drug-likeness (QED) is 0.905. The molecule has 4 heteroatoms. The SMILES string of the molecule is CCOCc1ccccc1NC(=O)c1ccc(C)cc1F. The molecule has 2 aromatic carbocycles. The highest BCUT2D eigenvalue weighted by atomic mass is 19.1. The average molecular weight is 287 g/mol. The van der Waals surface area contributed by atoms with E-state index in [0.29, 0.717) is 18.9 Å². The summed E-state index contributed by atoms with van der Waals surface area (Å²) >= 11 is 0. The fourth-order valence-electron chi connectivity index (χ4n) is 1.97. The van der Waals surface area contributed by atoms with Gasteiger partial charge in [-0.15, -0.1) is 0 Å². The van der Waals surface area contributed by atoms with E-state index in [1.807, 2.05) is 25.1 Å². The summed E-state index contributed by atoms with van der Waals surface area (Å²) in [6.45, 7) is 4.68. The number of halogens is 1. The van der Waals surface area contributed by atoms with Gasteiger partial charge in [-0.2, -0.15) is 0 Å². The smallest absolute Gasteiger partial charge is 0.258 e. The van der Waals surface area contributed by atoms with Crippen molar-refractivity contribution in [3.63, 3.8) is 0 Å². The van der Waals surface area contributed by atoms with E-state index in [1.54, 1.807) is 19.1 Å². The van der Waals surface area contributed by atoms with Crippen LogP contribution in [-0.4, -0.2) is 12.5 Å². The summed E-state index contributed by atoms with van der Waals surface area (Å²) in [5, 5.41) is 2.74. The molecule has 0 saturated heterocycles. The van der Waals surface area contributed by atoms with Gasteiger partial charge in [-0.3, -0.25) is 4.79 Å². The number of rotatable bonds is 5. The largest absolute Gasteiger partial charge is 0.377 e. The molecule has 0 aliphatic carbocycles. The van der Waals surface area contributed by atoms with Crippen molar-refractivity contribution in [1.82, 2.24) is 0 Å². The lowest BCUT2D eigenvalue weighted by Gasteiger charge is -2.11. The fraction of sp³-hybridized carbons (Fsp3) is 0.235. The Balaban J connectivity index is 2.19. The van der Waals surface area contributed by atoms with E-state index in [1.165, 1.54) is 12.1 Å². The van der Waals surface area contributed by atoms with Crippen LogP contribution >= 0.6 is 0 Å². The standard InChI is InChI=1S/C17H18FNO2/c1-3-21-11-13-6-4-5-7-16(13)19-17(20)14-9-8-12(2)10-15(14)18/h4-10H,3,11H2,1-2H3,(H,19,20). The first-order valence-corrected chi connectivity index (χ1v) is 6.85. The first-order chi connectivity index (χ1) is 10.1. The zero-order chi connectivity index (χ0) is 15.2. The van der Waals surface area contributed by atoms with Crippen LogP contribution in [0.3, 0.4) is 0 Å². The number of hydrogen-bond donors (Lipinski definition) is 1. The number of amides is 1. The lowest BCUT2D eigenvalue weighted by Crippen LogP contribution is -2.15. The summed E-state index contributed by atoms with van der Waals surface area (Å²) in [5.74, 6) is -0.980. The van der Waals surface area contributed by atoms with E-state index in [2.05, 4.69) is 5.32 Å². The Bertz CT molecular complexity index is 640. The van der Waals surface area contributed by atoms with Crippen molar-refractivity contribution in [1.29, 1.82) is 0 Å². The summed E-state index contributed by atoms with van der Waals surface area (Å²) in [5.41, 5.74) is 2.31. The molecule has 110 valence electrons. The highest BCUT2D eigenvalue weighted by molar-refractivity contribution is 6.04. The van der Waals surface area contributed by atoms with Crippen LogP contribution in [0.2, 0.25) is 0 Å². The van der Waals surface area contributed by atoms with Crippen LogP contribution in [0.5, 0.6) is 0 Å².